The lowest BCUT2D eigenvalue weighted by molar-refractivity contribution is 0.103. The summed E-state index contributed by atoms with van der Waals surface area (Å²) in [4.78, 5) is 20.9. The Kier molecular flexibility index (Phi) is 4.68. The summed E-state index contributed by atoms with van der Waals surface area (Å²) < 4.78 is 7.65. The molecular formula is C16H16N4O2S. The highest BCUT2D eigenvalue weighted by Crippen LogP contribution is 2.20. The number of carbonyl (C=O) groups is 1. The van der Waals surface area contributed by atoms with Gasteiger partial charge in [0.2, 0.25) is 0 Å². The molecule has 0 spiro atoms. The van der Waals surface area contributed by atoms with Gasteiger partial charge in [0.15, 0.2) is 0 Å². The molecule has 0 aliphatic rings. The number of rotatable bonds is 6. The zero-order valence-electron chi connectivity index (χ0n) is 12.6. The molecule has 0 fully saturated rings. The molecule has 0 radical (unpaired) electrons. The van der Waals surface area contributed by atoms with Crippen molar-refractivity contribution >= 4 is 22.9 Å². The monoisotopic (exact) mass is 328 g/mol. The number of hydrogen-bond acceptors (Lipinski definition) is 5. The molecule has 2 heterocycles. The van der Waals surface area contributed by atoms with Crippen LogP contribution in [0.15, 0.2) is 48.5 Å². The summed E-state index contributed by atoms with van der Waals surface area (Å²) in [5, 5.41) is 2.87. The zero-order valence-corrected chi connectivity index (χ0v) is 13.4. The topological polar surface area (TPSA) is 69.0 Å². The van der Waals surface area contributed by atoms with E-state index in [0.717, 1.165) is 12.2 Å². The van der Waals surface area contributed by atoms with Crippen LogP contribution in [0.2, 0.25) is 0 Å². The van der Waals surface area contributed by atoms with E-state index in [-0.39, 0.29) is 5.91 Å². The van der Waals surface area contributed by atoms with Gasteiger partial charge in [0.05, 0.1) is 24.1 Å². The minimum absolute atomic E-state index is 0.152. The summed E-state index contributed by atoms with van der Waals surface area (Å²) in [6, 6.07) is 7.35. The molecule has 0 atom stereocenters. The van der Waals surface area contributed by atoms with E-state index in [1.54, 1.807) is 18.0 Å². The maximum atomic E-state index is 12.2. The number of amides is 1. The maximum Gasteiger partial charge on any atom is 0.267 e. The number of aromatic nitrogens is 3. The fourth-order valence-corrected chi connectivity index (χ4v) is 2.76. The van der Waals surface area contributed by atoms with Crippen molar-refractivity contribution < 1.29 is 9.53 Å². The predicted molar refractivity (Wildman–Crippen MR) is 89.0 cm³/mol. The van der Waals surface area contributed by atoms with Crippen molar-refractivity contribution in [2.75, 3.05) is 11.9 Å². The lowest BCUT2D eigenvalue weighted by Crippen LogP contribution is -2.12. The highest BCUT2D eigenvalue weighted by Gasteiger charge is 2.12. The van der Waals surface area contributed by atoms with Crippen LogP contribution in [0.25, 0.3) is 0 Å². The molecule has 1 aromatic carbocycles. The molecule has 0 saturated heterocycles. The third kappa shape index (κ3) is 3.95. The van der Waals surface area contributed by atoms with E-state index in [4.69, 9.17) is 4.74 Å². The van der Waals surface area contributed by atoms with E-state index >= 15 is 0 Å². The number of nitrogens with one attached hydrogen (secondary N) is 1. The lowest BCUT2D eigenvalue weighted by Gasteiger charge is -2.09. The Bertz CT molecular complexity index is 783. The van der Waals surface area contributed by atoms with E-state index in [2.05, 4.69) is 15.3 Å². The summed E-state index contributed by atoms with van der Waals surface area (Å²) >= 11 is 1.33. The van der Waals surface area contributed by atoms with Crippen LogP contribution in [0, 0.1) is 6.92 Å². The van der Waals surface area contributed by atoms with Gasteiger partial charge in [0, 0.05) is 24.1 Å². The minimum atomic E-state index is -0.152. The molecule has 118 valence electrons. The summed E-state index contributed by atoms with van der Waals surface area (Å²) in [6.07, 6.45) is 5.37. The molecule has 0 unspecified atom stereocenters. The first-order valence-corrected chi connectivity index (χ1v) is 8.00. The zero-order chi connectivity index (χ0) is 16.1. The van der Waals surface area contributed by atoms with Gasteiger partial charge < -0.3 is 14.6 Å². The van der Waals surface area contributed by atoms with Crippen molar-refractivity contribution in [2.24, 2.45) is 0 Å². The third-order valence-electron chi connectivity index (χ3n) is 3.22. The Labute approximate surface area is 137 Å². The minimum Gasteiger partial charge on any atom is -0.492 e. The van der Waals surface area contributed by atoms with Crippen LogP contribution in [0.5, 0.6) is 5.75 Å². The first kappa shape index (κ1) is 15.2. The Morgan fingerprint density at radius 1 is 1.43 bits per heavy atom. The number of hydrogen-bond donors (Lipinski definition) is 1. The van der Waals surface area contributed by atoms with Gasteiger partial charge >= 0.3 is 0 Å². The molecular weight excluding hydrogens is 312 g/mol. The predicted octanol–water partition coefficient (Wildman–Crippen LogP) is 2.98. The van der Waals surface area contributed by atoms with Crippen LogP contribution >= 0.6 is 11.3 Å². The number of ether oxygens (including phenoxy) is 1. The Hall–Kier alpha value is -2.67. The van der Waals surface area contributed by atoms with Crippen LogP contribution in [0.1, 0.15) is 15.4 Å². The molecule has 2 aromatic heterocycles. The molecule has 1 N–H and O–H groups in total. The molecule has 0 bridgehead atoms. The van der Waals surface area contributed by atoms with E-state index in [1.165, 1.54) is 11.3 Å². The smallest absolute Gasteiger partial charge is 0.267 e. The van der Waals surface area contributed by atoms with Crippen LogP contribution in [-0.2, 0) is 6.54 Å². The molecule has 23 heavy (non-hydrogen) atoms. The highest BCUT2D eigenvalue weighted by molar-refractivity contribution is 7.12. The SMILES string of the molecule is Cc1ncsc1C(=O)Nc1cccc(OCCn2ccnc2)c1. The second-order valence-electron chi connectivity index (χ2n) is 4.90. The average molecular weight is 328 g/mol. The van der Waals surface area contributed by atoms with Gasteiger partial charge in [0.25, 0.3) is 5.91 Å². The number of thiazole rings is 1. The summed E-state index contributed by atoms with van der Waals surface area (Å²) in [5.74, 6) is 0.560. The first-order chi connectivity index (χ1) is 11.2. The normalized spacial score (nSPS) is 10.5. The molecule has 1 amide bonds. The Morgan fingerprint density at radius 2 is 2.35 bits per heavy atom. The van der Waals surface area contributed by atoms with E-state index in [0.29, 0.717) is 22.9 Å². The fraction of sp³-hybridized carbons (Fsp3) is 0.188. The highest BCUT2D eigenvalue weighted by atomic mass is 32.1. The van der Waals surface area contributed by atoms with Gasteiger partial charge in [-0.2, -0.15) is 0 Å². The van der Waals surface area contributed by atoms with Gasteiger partial charge in [-0.3, -0.25) is 4.79 Å². The summed E-state index contributed by atoms with van der Waals surface area (Å²) in [7, 11) is 0. The Morgan fingerprint density at radius 3 is 3.09 bits per heavy atom. The number of imidazole rings is 1. The molecule has 3 rings (SSSR count). The van der Waals surface area contributed by atoms with Gasteiger partial charge in [-0.15, -0.1) is 11.3 Å². The largest absolute Gasteiger partial charge is 0.492 e. The number of anilines is 1. The molecule has 3 aromatic rings. The van der Waals surface area contributed by atoms with Crippen molar-refractivity contribution in [3.63, 3.8) is 0 Å². The van der Waals surface area contributed by atoms with Crippen LogP contribution < -0.4 is 10.1 Å². The quantitative estimate of drug-likeness (QED) is 0.755. The fourth-order valence-electron chi connectivity index (χ4n) is 2.06. The van der Waals surface area contributed by atoms with Crippen molar-refractivity contribution in [3.8, 4) is 5.75 Å². The maximum absolute atomic E-state index is 12.2. The molecule has 6 nitrogen and oxygen atoms in total. The van der Waals surface area contributed by atoms with Crippen molar-refractivity contribution in [3.05, 3.63) is 59.1 Å². The second kappa shape index (κ2) is 7.06. The van der Waals surface area contributed by atoms with Gasteiger partial charge in [-0.1, -0.05) is 6.07 Å². The molecule has 0 saturated carbocycles. The van der Waals surface area contributed by atoms with Gasteiger partial charge in [0.1, 0.15) is 17.2 Å². The van der Waals surface area contributed by atoms with E-state index in [1.807, 2.05) is 42.0 Å². The average Bonchev–Trinajstić information content (AvgIpc) is 3.19. The standard InChI is InChI=1S/C16H16N4O2S/c1-12-15(23-11-18-12)16(21)19-13-3-2-4-14(9-13)22-8-7-20-6-5-17-10-20/h2-6,9-11H,7-8H2,1H3,(H,19,21). The number of benzene rings is 1. The number of nitrogens with zero attached hydrogens (tertiary/aromatic N) is 3. The number of carbonyl (C=O) groups excluding carboxylic acids is 1. The van der Waals surface area contributed by atoms with Crippen molar-refractivity contribution in [2.45, 2.75) is 13.5 Å². The van der Waals surface area contributed by atoms with Crippen LogP contribution in [0.4, 0.5) is 5.69 Å². The van der Waals surface area contributed by atoms with Crippen LogP contribution in [0.3, 0.4) is 0 Å². The van der Waals surface area contributed by atoms with Crippen molar-refractivity contribution in [1.29, 1.82) is 0 Å². The van der Waals surface area contributed by atoms with Gasteiger partial charge in [-0.05, 0) is 19.1 Å². The van der Waals surface area contributed by atoms with E-state index in [9.17, 15) is 4.79 Å². The Balaban J connectivity index is 1.58. The van der Waals surface area contributed by atoms with E-state index < -0.39 is 0 Å². The van der Waals surface area contributed by atoms with Gasteiger partial charge in [-0.25, -0.2) is 9.97 Å². The first-order valence-electron chi connectivity index (χ1n) is 7.12. The second-order valence-corrected chi connectivity index (χ2v) is 5.75. The molecule has 0 aliphatic carbocycles. The molecule has 0 aliphatic heterocycles. The molecule has 7 heteroatoms. The van der Waals surface area contributed by atoms with Crippen LogP contribution in [-0.4, -0.2) is 27.0 Å². The van der Waals surface area contributed by atoms with Crippen molar-refractivity contribution in [1.82, 2.24) is 14.5 Å². The summed E-state index contributed by atoms with van der Waals surface area (Å²) in [6.45, 7) is 3.07. The lowest BCUT2D eigenvalue weighted by atomic mass is 10.3. The number of aryl methyl sites for hydroxylation is 1. The summed E-state index contributed by atoms with van der Waals surface area (Å²) in [5.41, 5.74) is 3.10. The third-order valence-corrected chi connectivity index (χ3v) is 4.15.